The van der Waals surface area contributed by atoms with Crippen LogP contribution in [0.1, 0.15) is 39.9 Å². The lowest BCUT2D eigenvalue weighted by atomic mass is 9.93. The highest BCUT2D eigenvalue weighted by molar-refractivity contribution is 7.99. The first-order valence-corrected chi connectivity index (χ1v) is 16.4. The quantitative estimate of drug-likeness (QED) is 0.234. The first-order valence-electron chi connectivity index (χ1n) is 14.0. The highest BCUT2D eigenvalue weighted by Gasteiger charge is 2.32. The van der Waals surface area contributed by atoms with Crippen molar-refractivity contribution >= 4 is 35.4 Å². The van der Waals surface area contributed by atoms with E-state index in [2.05, 4.69) is 46.6 Å². The van der Waals surface area contributed by atoms with Crippen LogP contribution in [0.5, 0.6) is 0 Å². The fourth-order valence-electron chi connectivity index (χ4n) is 5.36. The second kappa shape index (κ2) is 15.4. The van der Waals surface area contributed by atoms with Crippen LogP contribution in [0.2, 0.25) is 0 Å². The number of aryl methyl sites for hydroxylation is 1. The Kier molecular flexibility index (Phi) is 11.7. The Labute approximate surface area is 252 Å². The maximum Gasteiger partial charge on any atom is 0.326 e. The average Bonchev–Trinajstić information content (AvgIpc) is 3.35. The number of methoxy groups -OCH3 is 1. The van der Waals surface area contributed by atoms with E-state index in [-0.39, 0.29) is 5.91 Å². The number of carboxylic acids is 1. The van der Waals surface area contributed by atoms with Gasteiger partial charge in [0.2, 0.25) is 0 Å². The van der Waals surface area contributed by atoms with Gasteiger partial charge in [0.15, 0.2) is 0 Å². The first kappa shape index (κ1) is 31.2. The summed E-state index contributed by atoms with van der Waals surface area (Å²) in [5, 5.41) is 13.0. The molecule has 1 aliphatic heterocycles. The Bertz CT molecular complexity index is 1300. The molecule has 0 spiro atoms. The van der Waals surface area contributed by atoms with Crippen molar-refractivity contribution in [3.8, 4) is 11.1 Å². The van der Waals surface area contributed by atoms with Crippen molar-refractivity contribution in [1.82, 2.24) is 10.2 Å². The van der Waals surface area contributed by atoms with E-state index in [4.69, 9.17) is 4.74 Å². The zero-order chi connectivity index (χ0) is 29.2. The van der Waals surface area contributed by atoms with Crippen LogP contribution in [0.15, 0.2) is 72.8 Å². The Morgan fingerprint density at radius 2 is 1.80 bits per heavy atom. The van der Waals surface area contributed by atoms with Crippen LogP contribution in [0.25, 0.3) is 11.1 Å². The standard InChI is InChI=1S/C33H40N2O4S2/c1-23-9-7-8-12-28(23)30-17-25(13-14-29(30)32(36)34-31(33(37)38)15-16-40-3)19-35-20-27(18-26(35)21-39-2)41-22-24-10-5-4-6-11-24/h4-14,17,26-27,31H,15-16,18-22H2,1-3H3,(H,34,36)(H,37,38)/t26-,27+,31-/m0/s1. The van der Waals surface area contributed by atoms with E-state index in [0.717, 1.165) is 47.5 Å². The lowest BCUT2D eigenvalue weighted by Crippen LogP contribution is -2.41. The zero-order valence-corrected chi connectivity index (χ0v) is 25.7. The summed E-state index contributed by atoms with van der Waals surface area (Å²) in [5.41, 5.74) is 5.81. The van der Waals surface area contributed by atoms with Gasteiger partial charge in [0.1, 0.15) is 6.04 Å². The predicted octanol–water partition coefficient (Wildman–Crippen LogP) is 6.12. The predicted molar refractivity (Wildman–Crippen MR) is 171 cm³/mol. The molecule has 1 amide bonds. The molecule has 8 heteroatoms. The molecular formula is C33H40N2O4S2. The van der Waals surface area contributed by atoms with Crippen molar-refractivity contribution in [2.24, 2.45) is 0 Å². The number of nitrogens with zero attached hydrogens (tertiary/aromatic N) is 1. The number of aliphatic carboxylic acids is 1. The van der Waals surface area contributed by atoms with Crippen LogP contribution < -0.4 is 5.32 Å². The van der Waals surface area contributed by atoms with E-state index in [1.54, 1.807) is 18.9 Å². The molecule has 6 nitrogen and oxygen atoms in total. The lowest BCUT2D eigenvalue weighted by molar-refractivity contribution is -0.139. The monoisotopic (exact) mass is 592 g/mol. The topological polar surface area (TPSA) is 78.9 Å². The zero-order valence-electron chi connectivity index (χ0n) is 24.0. The molecule has 0 aromatic heterocycles. The van der Waals surface area contributed by atoms with Crippen molar-refractivity contribution < 1.29 is 19.4 Å². The van der Waals surface area contributed by atoms with Gasteiger partial charge in [-0.25, -0.2) is 4.79 Å². The molecule has 3 aromatic rings. The smallest absolute Gasteiger partial charge is 0.326 e. The Morgan fingerprint density at radius 3 is 2.51 bits per heavy atom. The molecule has 2 N–H and O–H groups in total. The van der Waals surface area contributed by atoms with Crippen LogP contribution in [0.4, 0.5) is 0 Å². The number of carbonyl (C=O) groups excluding carboxylic acids is 1. The number of rotatable bonds is 14. The number of nitrogens with one attached hydrogen (secondary N) is 1. The van der Waals surface area contributed by atoms with Gasteiger partial charge in [0.05, 0.1) is 6.61 Å². The van der Waals surface area contributed by atoms with Crippen molar-refractivity contribution in [2.45, 2.75) is 49.4 Å². The Hall–Kier alpha value is -2.78. The maximum atomic E-state index is 13.4. The van der Waals surface area contributed by atoms with Crippen molar-refractivity contribution in [1.29, 1.82) is 0 Å². The number of carbonyl (C=O) groups is 2. The molecule has 1 fully saturated rings. The minimum Gasteiger partial charge on any atom is -0.480 e. The molecule has 0 bridgehead atoms. The third-order valence-electron chi connectivity index (χ3n) is 7.54. The second-order valence-electron chi connectivity index (χ2n) is 10.5. The van der Waals surface area contributed by atoms with Crippen molar-refractivity contribution in [2.75, 3.05) is 32.3 Å². The summed E-state index contributed by atoms with van der Waals surface area (Å²) in [7, 11) is 1.76. The minimum absolute atomic E-state index is 0.325. The van der Waals surface area contributed by atoms with Gasteiger partial charge < -0.3 is 15.2 Å². The third-order valence-corrected chi connectivity index (χ3v) is 9.50. The number of likely N-dealkylation sites (tertiary alicyclic amines) is 1. The van der Waals surface area contributed by atoms with Gasteiger partial charge in [-0.05, 0) is 71.7 Å². The van der Waals surface area contributed by atoms with E-state index >= 15 is 0 Å². The molecule has 0 aliphatic carbocycles. The fraction of sp³-hybridized carbons (Fsp3) is 0.394. The SMILES string of the molecule is COC[C@@H]1C[C@@H](SCc2ccccc2)CN1Cc1ccc(C(=O)N[C@@H](CCSC)C(=O)O)c(-c2ccccc2C)c1. The van der Waals surface area contributed by atoms with Gasteiger partial charge >= 0.3 is 5.97 Å². The summed E-state index contributed by atoms with van der Waals surface area (Å²) in [5.74, 6) is 0.275. The van der Waals surface area contributed by atoms with Crippen molar-refractivity contribution in [3.63, 3.8) is 0 Å². The highest BCUT2D eigenvalue weighted by Crippen LogP contribution is 2.33. The number of hydrogen-bond acceptors (Lipinski definition) is 6. The largest absolute Gasteiger partial charge is 0.480 e. The van der Waals surface area contributed by atoms with E-state index in [9.17, 15) is 14.7 Å². The molecule has 3 atom stereocenters. The van der Waals surface area contributed by atoms with Crippen molar-refractivity contribution in [3.05, 3.63) is 95.1 Å². The molecule has 3 aromatic carbocycles. The maximum absolute atomic E-state index is 13.4. The molecule has 1 saturated heterocycles. The van der Waals surface area contributed by atoms with Gasteiger partial charge in [-0.3, -0.25) is 9.69 Å². The Balaban J connectivity index is 1.56. The normalized spacial score (nSPS) is 17.8. The molecule has 0 saturated carbocycles. The molecule has 4 rings (SSSR count). The highest BCUT2D eigenvalue weighted by atomic mass is 32.2. The van der Waals surface area contributed by atoms with Gasteiger partial charge in [0, 0.05) is 42.8 Å². The first-order chi connectivity index (χ1) is 19.9. The summed E-state index contributed by atoms with van der Waals surface area (Å²) in [6, 6.07) is 24.0. The number of thioether (sulfide) groups is 2. The van der Waals surface area contributed by atoms with E-state index in [0.29, 0.717) is 35.6 Å². The molecule has 41 heavy (non-hydrogen) atoms. The van der Waals surface area contributed by atoms with E-state index in [1.807, 2.05) is 61.3 Å². The summed E-state index contributed by atoms with van der Waals surface area (Å²) in [6.07, 6.45) is 3.37. The molecule has 1 aliphatic rings. The second-order valence-corrected chi connectivity index (χ2v) is 12.8. The van der Waals surface area contributed by atoms with E-state index in [1.165, 1.54) is 5.56 Å². The van der Waals surface area contributed by atoms with Gasteiger partial charge in [-0.15, -0.1) is 0 Å². The van der Waals surface area contributed by atoms with Gasteiger partial charge in [-0.2, -0.15) is 23.5 Å². The molecule has 218 valence electrons. The van der Waals surface area contributed by atoms with Crippen LogP contribution in [-0.2, 0) is 21.8 Å². The minimum atomic E-state index is -1.01. The lowest BCUT2D eigenvalue weighted by Gasteiger charge is -2.24. The number of ether oxygens (including phenoxy) is 1. The Morgan fingerprint density at radius 1 is 1.05 bits per heavy atom. The molecule has 0 radical (unpaired) electrons. The molecule has 0 unspecified atom stereocenters. The molecular weight excluding hydrogens is 553 g/mol. The summed E-state index contributed by atoms with van der Waals surface area (Å²) in [6.45, 7) is 4.44. The van der Waals surface area contributed by atoms with Gasteiger partial charge in [-0.1, -0.05) is 60.7 Å². The number of carboxylic acid groups (broad SMARTS) is 1. The average molecular weight is 593 g/mol. The molecule has 1 heterocycles. The summed E-state index contributed by atoms with van der Waals surface area (Å²) in [4.78, 5) is 27.8. The number of hydrogen-bond donors (Lipinski definition) is 2. The summed E-state index contributed by atoms with van der Waals surface area (Å²) < 4.78 is 5.60. The summed E-state index contributed by atoms with van der Waals surface area (Å²) >= 11 is 3.57. The fourth-order valence-corrected chi connectivity index (χ4v) is 7.10. The number of benzene rings is 3. The van der Waals surface area contributed by atoms with Crippen LogP contribution in [0.3, 0.4) is 0 Å². The van der Waals surface area contributed by atoms with Crippen LogP contribution >= 0.6 is 23.5 Å². The third kappa shape index (κ3) is 8.61. The van der Waals surface area contributed by atoms with Crippen LogP contribution in [-0.4, -0.2) is 71.5 Å². The van der Waals surface area contributed by atoms with Gasteiger partial charge in [0.25, 0.3) is 5.91 Å². The van der Waals surface area contributed by atoms with E-state index < -0.39 is 12.0 Å². The van der Waals surface area contributed by atoms with Crippen LogP contribution in [0, 0.1) is 6.92 Å². The number of amides is 1.